The first-order valence-electron chi connectivity index (χ1n) is 8.18. The summed E-state index contributed by atoms with van der Waals surface area (Å²) in [5.41, 5.74) is -0.0866. The van der Waals surface area contributed by atoms with Crippen LogP contribution < -0.4 is 4.90 Å². The van der Waals surface area contributed by atoms with E-state index in [0.717, 1.165) is 11.0 Å². The van der Waals surface area contributed by atoms with Crippen molar-refractivity contribution >= 4 is 26.7 Å². The van der Waals surface area contributed by atoms with Gasteiger partial charge in [-0.25, -0.2) is 18.4 Å². The van der Waals surface area contributed by atoms with Crippen LogP contribution in [0, 0.1) is 6.92 Å². The summed E-state index contributed by atoms with van der Waals surface area (Å²) in [6.45, 7) is 10.1. The van der Waals surface area contributed by atoms with Crippen LogP contribution in [0.2, 0.25) is 0 Å². The quantitative estimate of drug-likeness (QED) is 0.795. The van der Waals surface area contributed by atoms with Gasteiger partial charge in [0.1, 0.15) is 11.6 Å². The molecule has 25 heavy (non-hydrogen) atoms. The number of hydrogen-bond donors (Lipinski definition) is 0. The number of hydrogen-bond acceptors (Lipinski definition) is 7. The molecule has 0 N–H and O–H groups in total. The summed E-state index contributed by atoms with van der Waals surface area (Å²) in [5.74, 6) is 1.51. The van der Waals surface area contributed by atoms with E-state index in [9.17, 15) is 8.42 Å². The molecule has 1 fully saturated rings. The first-order valence-corrected chi connectivity index (χ1v) is 10.4. The maximum atomic E-state index is 12.7. The van der Waals surface area contributed by atoms with Crippen LogP contribution in [0.3, 0.4) is 0 Å². The Morgan fingerprint density at radius 3 is 2.24 bits per heavy atom. The van der Waals surface area contributed by atoms with Gasteiger partial charge < -0.3 is 9.47 Å². The molecule has 0 spiro atoms. The van der Waals surface area contributed by atoms with E-state index < -0.39 is 10.0 Å². The lowest BCUT2D eigenvalue weighted by Gasteiger charge is -2.33. The number of aryl methyl sites for hydroxylation is 2. The maximum absolute atomic E-state index is 12.7. The van der Waals surface area contributed by atoms with E-state index in [4.69, 9.17) is 0 Å². The van der Waals surface area contributed by atoms with Gasteiger partial charge in [0.05, 0.1) is 0 Å². The minimum Gasteiger partial charge on any atom is -0.344 e. The van der Waals surface area contributed by atoms with Gasteiger partial charge in [-0.1, -0.05) is 20.8 Å². The van der Waals surface area contributed by atoms with Crippen molar-refractivity contribution in [1.29, 1.82) is 0 Å². The lowest BCUT2D eigenvalue weighted by Crippen LogP contribution is -2.48. The SMILES string of the molecule is Cc1nc(S(=O)(=O)N2CCN(c3nc(C(C)(C)C)ns3)CC2)cn1C. The Labute approximate surface area is 152 Å². The Morgan fingerprint density at radius 2 is 1.76 bits per heavy atom. The molecule has 0 bridgehead atoms. The molecular formula is C15H24N6O2S2. The van der Waals surface area contributed by atoms with Crippen LogP contribution in [0.15, 0.2) is 11.2 Å². The second kappa shape index (κ2) is 6.33. The number of piperazine rings is 1. The highest BCUT2D eigenvalue weighted by Gasteiger charge is 2.32. The molecule has 0 amide bonds. The van der Waals surface area contributed by atoms with Crippen molar-refractivity contribution in [2.45, 2.75) is 38.1 Å². The molecule has 1 aliphatic rings. The van der Waals surface area contributed by atoms with Crippen molar-refractivity contribution in [1.82, 2.24) is 23.2 Å². The number of rotatable bonds is 3. The Kier molecular flexibility index (Phi) is 4.63. The van der Waals surface area contributed by atoms with Crippen molar-refractivity contribution in [2.24, 2.45) is 7.05 Å². The van der Waals surface area contributed by atoms with Crippen LogP contribution in [0.4, 0.5) is 5.13 Å². The summed E-state index contributed by atoms with van der Waals surface area (Å²) in [7, 11) is -1.75. The molecular weight excluding hydrogens is 360 g/mol. The fourth-order valence-electron chi connectivity index (χ4n) is 2.55. The predicted octanol–water partition coefficient (Wildman–Crippen LogP) is 1.39. The van der Waals surface area contributed by atoms with E-state index in [2.05, 4.69) is 40.0 Å². The standard InChI is InChI=1S/C15H24N6O2S2/c1-11-16-12(10-19(11)5)25(22,23)21-8-6-20(7-9-21)14-17-13(18-24-14)15(2,3)4/h10H,6-9H2,1-5H3. The van der Waals surface area contributed by atoms with Gasteiger partial charge in [0.15, 0.2) is 5.03 Å². The van der Waals surface area contributed by atoms with E-state index in [1.54, 1.807) is 24.7 Å². The average Bonchev–Trinajstić information content (AvgIpc) is 3.15. The smallest absolute Gasteiger partial charge is 0.262 e. The van der Waals surface area contributed by atoms with Gasteiger partial charge in [0, 0.05) is 56.4 Å². The molecule has 3 rings (SSSR count). The number of nitrogens with zero attached hydrogens (tertiary/aromatic N) is 6. The topological polar surface area (TPSA) is 84.2 Å². The van der Waals surface area contributed by atoms with E-state index in [1.165, 1.54) is 15.8 Å². The van der Waals surface area contributed by atoms with Gasteiger partial charge in [-0.05, 0) is 6.92 Å². The minimum absolute atomic E-state index is 0.0866. The fourth-order valence-corrected chi connectivity index (χ4v) is 4.91. The van der Waals surface area contributed by atoms with Gasteiger partial charge in [-0.15, -0.1) is 0 Å². The van der Waals surface area contributed by atoms with E-state index in [1.807, 2.05) is 0 Å². The van der Waals surface area contributed by atoms with Gasteiger partial charge in [-0.2, -0.15) is 8.68 Å². The number of aromatic nitrogens is 4. The fraction of sp³-hybridized carbons (Fsp3) is 0.667. The zero-order valence-corrected chi connectivity index (χ0v) is 16.9. The van der Waals surface area contributed by atoms with Gasteiger partial charge >= 0.3 is 0 Å². The van der Waals surface area contributed by atoms with Crippen LogP contribution in [0.1, 0.15) is 32.4 Å². The Bertz CT molecular complexity index is 837. The monoisotopic (exact) mass is 384 g/mol. The Balaban J connectivity index is 1.70. The molecule has 0 aliphatic carbocycles. The second-order valence-electron chi connectivity index (χ2n) is 7.28. The number of imidazole rings is 1. The minimum atomic E-state index is -3.55. The zero-order chi connectivity index (χ0) is 18.4. The summed E-state index contributed by atoms with van der Waals surface area (Å²) in [6, 6.07) is 0. The number of sulfonamides is 1. The molecule has 1 saturated heterocycles. The molecule has 2 aromatic heterocycles. The Hall–Kier alpha value is -1.52. The summed E-state index contributed by atoms with van der Waals surface area (Å²) < 4.78 is 33.1. The molecule has 0 aromatic carbocycles. The molecule has 1 aliphatic heterocycles. The Morgan fingerprint density at radius 1 is 1.12 bits per heavy atom. The van der Waals surface area contributed by atoms with Crippen molar-refractivity contribution < 1.29 is 8.42 Å². The molecule has 0 saturated carbocycles. The summed E-state index contributed by atoms with van der Waals surface area (Å²) in [5, 5.41) is 0.975. The van der Waals surface area contributed by atoms with Gasteiger partial charge in [0.25, 0.3) is 10.0 Å². The van der Waals surface area contributed by atoms with Crippen molar-refractivity contribution in [2.75, 3.05) is 31.1 Å². The zero-order valence-electron chi connectivity index (χ0n) is 15.2. The lowest BCUT2D eigenvalue weighted by atomic mass is 9.96. The van der Waals surface area contributed by atoms with Crippen molar-refractivity contribution in [3.8, 4) is 0 Å². The molecule has 3 heterocycles. The van der Waals surface area contributed by atoms with Crippen molar-refractivity contribution in [3.05, 3.63) is 17.8 Å². The van der Waals surface area contributed by atoms with E-state index in [0.29, 0.717) is 32.0 Å². The highest BCUT2D eigenvalue weighted by molar-refractivity contribution is 7.89. The molecule has 138 valence electrons. The summed E-state index contributed by atoms with van der Waals surface area (Å²) >= 11 is 1.37. The van der Waals surface area contributed by atoms with Crippen LogP contribution in [-0.4, -0.2) is 57.8 Å². The normalized spacial score (nSPS) is 17.2. The van der Waals surface area contributed by atoms with Gasteiger partial charge in [-0.3, -0.25) is 0 Å². The number of anilines is 1. The van der Waals surface area contributed by atoms with Crippen molar-refractivity contribution in [3.63, 3.8) is 0 Å². The largest absolute Gasteiger partial charge is 0.344 e. The molecule has 0 unspecified atom stereocenters. The third kappa shape index (κ3) is 3.56. The molecule has 2 aromatic rings. The molecule has 0 radical (unpaired) electrons. The van der Waals surface area contributed by atoms with Crippen LogP contribution in [-0.2, 0) is 22.5 Å². The van der Waals surface area contributed by atoms with Crippen LogP contribution in [0.5, 0.6) is 0 Å². The summed E-state index contributed by atoms with van der Waals surface area (Å²) in [4.78, 5) is 10.9. The summed E-state index contributed by atoms with van der Waals surface area (Å²) in [6.07, 6.45) is 1.57. The second-order valence-corrected chi connectivity index (χ2v) is 9.89. The predicted molar refractivity (Wildman–Crippen MR) is 97.5 cm³/mol. The first kappa shape index (κ1) is 18.3. The first-order chi connectivity index (χ1) is 11.6. The highest BCUT2D eigenvalue weighted by Crippen LogP contribution is 2.26. The van der Waals surface area contributed by atoms with Crippen LogP contribution in [0.25, 0.3) is 0 Å². The lowest BCUT2D eigenvalue weighted by molar-refractivity contribution is 0.383. The molecule has 0 atom stereocenters. The molecule has 10 heteroatoms. The van der Waals surface area contributed by atoms with E-state index >= 15 is 0 Å². The third-order valence-electron chi connectivity index (χ3n) is 4.29. The highest BCUT2D eigenvalue weighted by atomic mass is 32.2. The average molecular weight is 385 g/mol. The van der Waals surface area contributed by atoms with E-state index in [-0.39, 0.29) is 10.4 Å². The van der Waals surface area contributed by atoms with Gasteiger partial charge in [0.2, 0.25) is 5.13 Å². The molecule has 8 nitrogen and oxygen atoms in total. The van der Waals surface area contributed by atoms with Crippen LogP contribution >= 0.6 is 11.5 Å². The maximum Gasteiger partial charge on any atom is 0.262 e. The third-order valence-corrected chi connectivity index (χ3v) is 6.83.